The first kappa shape index (κ1) is 27.2. The van der Waals surface area contributed by atoms with E-state index in [0.717, 1.165) is 11.1 Å². The van der Waals surface area contributed by atoms with Gasteiger partial charge in [-0.2, -0.15) is 0 Å². The van der Waals surface area contributed by atoms with Gasteiger partial charge in [0.1, 0.15) is 12.6 Å². The summed E-state index contributed by atoms with van der Waals surface area (Å²) in [5, 5.41) is 4.26. The molecule has 0 bridgehead atoms. The van der Waals surface area contributed by atoms with Crippen LogP contribution in [0.15, 0.2) is 66.1 Å². The fourth-order valence-electron chi connectivity index (χ4n) is 3.83. The van der Waals surface area contributed by atoms with Crippen LogP contribution in [0.5, 0.6) is 0 Å². The minimum Gasteiger partial charge on any atom is -0.457 e. The Balaban J connectivity index is 1.83. The summed E-state index contributed by atoms with van der Waals surface area (Å²) in [5.41, 5.74) is 2.22. The van der Waals surface area contributed by atoms with Crippen LogP contribution < -0.4 is 5.32 Å². The lowest BCUT2D eigenvalue weighted by Crippen LogP contribution is -2.51. The number of ether oxygens (including phenoxy) is 1. The molecule has 1 N–H and O–H groups in total. The Morgan fingerprint density at radius 1 is 0.972 bits per heavy atom. The van der Waals surface area contributed by atoms with Crippen molar-refractivity contribution in [3.8, 4) is 0 Å². The Bertz CT molecular complexity index is 1120. The number of amides is 2. The number of carbonyl (C=O) groups excluding carboxylic acids is 4. The van der Waals surface area contributed by atoms with Crippen LogP contribution in [0.1, 0.15) is 38.8 Å². The van der Waals surface area contributed by atoms with Gasteiger partial charge in [-0.25, -0.2) is 4.79 Å². The van der Waals surface area contributed by atoms with Crippen molar-refractivity contribution in [3.05, 3.63) is 77.2 Å². The number of rotatable bonds is 10. The van der Waals surface area contributed by atoms with Crippen molar-refractivity contribution in [1.82, 2.24) is 10.2 Å². The summed E-state index contributed by atoms with van der Waals surface area (Å²) in [6, 6.07) is 17.4. The van der Waals surface area contributed by atoms with E-state index in [-0.39, 0.29) is 30.0 Å². The lowest BCUT2D eigenvalue weighted by atomic mass is 10.0. The number of hydrogen-bond donors (Lipinski definition) is 1. The average molecular weight is 509 g/mol. The van der Waals surface area contributed by atoms with Crippen molar-refractivity contribution >= 4 is 41.0 Å². The predicted molar refractivity (Wildman–Crippen MR) is 141 cm³/mol. The number of thioether (sulfide) groups is 1. The minimum absolute atomic E-state index is 0.0693. The number of esters is 1. The maximum Gasteiger partial charge on any atom is 0.377 e. The lowest BCUT2D eigenvalue weighted by molar-refractivity contribution is -0.157. The third-order valence-corrected chi connectivity index (χ3v) is 6.98. The number of Topliss-reactive ketones (excluding diaryl/α,β-unsaturated/α-hetero) is 1. The summed E-state index contributed by atoms with van der Waals surface area (Å²) < 4.78 is 5.08. The van der Waals surface area contributed by atoms with Crippen LogP contribution in [0.2, 0.25) is 0 Å². The zero-order chi connectivity index (χ0) is 26.2. The Kier molecular flexibility index (Phi) is 9.47. The summed E-state index contributed by atoms with van der Waals surface area (Å²) in [6.45, 7) is 6.95. The van der Waals surface area contributed by atoms with Crippen molar-refractivity contribution in [1.29, 1.82) is 0 Å². The van der Waals surface area contributed by atoms with Gasteiger partial charge in [0.15, 0.2) is 0 Å². The van der Waals surface area contributed by atoms with Crippen LogP contribution in [0.4, 0.5) is 0 Å². The molecule has 0 radical (unpaired) electrons. The zero-order valence-electron chi connectivity index (χ0n) is 21.0. The van der Waals surface area contributed by atoms with Crippen LogP contribution in [0.3, 0.4) is 0 Å². The SMILES string of the molecule is CC(C)OC(=O)C(=O)[C@H](Cc1ccccc1)NC(=O)CN1C(=O)C(C(C)C)SC=C1c1ccccc1. The number of benzene rings is 2. The summed E-state index contributed by atoms with van der Waals surface area (Å²) in [5.74, 6) is -2.47. The maximum atomic E-state index is 13.4. The van der Waals surface area contributed by atoms with Gasteiger partial charge in [0.2, 0.25) is 11.8 Å². The van der Waals surface area contributed by atoms with Gasteiger partial charge in [-0.1, -0.05) is 74.5 Å². The monoisotopic (exact) mass is 508 g/mol. The molecule has 2 aromatic carbocycles. The third-order valence-electron chi connectivity index (χ3n) is 5.58. The number of nitrogens with one attached hydrogen (secondary N) is 1. The second kappa shape index (κ2) is 12.5. The quantitative estimate of drug-likeness (QED) is 0.387. The fraction of sp³-hybridized carbons (Fsp3) is 0.357. The molecule has 2 atom stereocenters. The molecule has 0 fully saturated rings. The van der Waals surface area contributed by atoms with Crippen molar-refractivity contribution in [2.75, 3.05) is 6.54 Å². The fourth-order valence-corrected chi connectivity index (χ4v) is 4.92. The molecule has 7 nitrogen and oxygen atoms in total. The van der Waals surface area contributed by atoms with Gasteiger partial charge < -0.3 is 15.0 Å². The van der Waals surface area contributed by atoms with Crippen LogP contribution in [0.25, 0.3) is 5.70 Å². The molecule has 1 aliphatic rings. The van der Waals surface area contributed by atoms with Crippen molar-refractivity contribution in [2.45, 2.75) is 51.5 Å². The largest absolute Gasteiger partial charge is 0.457 e. The first-order valence-corrected chi connectivity index (χ1v) is 12.9. The molecule has 0 saturated heterocycles. The van der Waals surface area contributed by atoms with E-state index in [1.54, 1.807) is 13.8 Å². The van der Waals surface area contributed by atoms with Crippen LogP contribution >= 0.6 is 11.8 Å². The second-order valence-corrected chi connectivity index (χ2v) is 10.2. The Morgan fingerprint density at radius 2 is 1.58 bits per heavy atom. The third kappa shape index (κ3) is 7.07. The summed E-state index contributed by atoms with van der Waals surface area (Å²) >= 11 is 1.44. The highest BCUT2D eigenvalue weighted by Gasteiger charge is 2.36. The number of carbonyl (C=O) groups is 4. The summed E-state index contributed by atoms with van der Waals surface area (Å²) in [7, 11) is 0. The van der Waals surface area contributed by atoms with Gasteiger partial charge in [0, 0.05) is 6.42 Å². The molecule has 190 valence electrons. The van der Waals surface area contributed by atoms with E-state index >= 15 is 0 Å². The molecule has 3 rings (SSSR count). The van der Waals surface area contributed by atoms with Crippen LogP contribution in [-0.2, 0) is 30.3 Å². The molecular weight excluding hydrogens is 476 g/mol. The van der Waals surface area contributed by atoms with Crippen molar-refractivity contribution < 1.29 is 23.9 Å². The molecule has 0 spiro atoms. The highest BCUT2D eigenvalue weighted by Crippen LogP contribution is 2.35. The molecule has 0 aliphatic carbocycles. The predicted octanol–water partition coefficient (Wildman–Crippen LogP) is 3.83. The lowest BCUT2D eigenvalue weighted by Gasteiger charge is -2.34. The topological polar surface area (TPSA) is 92.8 Å². The van der Waals surface area contributed by atoms with E-state index in [4.69, 9.17) is 4.74 Å². The molecule has 2 aromatic rings. The molecule has 2 amide bonds. The van der Waals surface area contributed by atoms with E-state index < -0.39 is 29.8 Å². The van der Waals surface area contributed by atoms with Gasteiger partial charge in [-0.3, -0.25) is 14.4 Å². The standard InChI is InChI=1S/C28H32N2O5S/c1-18(2)26-27(33)30(23(17-36-26)21-13-9-6-10-14-21)16-24(31)29-22(15-20-11-7-5-8-12-20)25(32)28(34)35-19(3)4/h5-14,17-19,22,26H,15-16H2,1-4H3,(H,29,31)/t22-,26?/m0/s1. The molecule has 36 heavy (non-hydrogen) atoms. The highest BCUT2D eigenvalue weighted by atomic mass is 32.2. The first-order chi connectivity index (χ1) is 17.2. The van der Waals surface area contributed by atoms with E-state index in [2.05, 4.69) is 5.32 Å². The van der Waals surface area contributed by atoms with Gasteiger partial charge in [0.05, 0.1) is 17.1 Å². The van der Waals surface area contributed by atoms with E-state index in [9.17, 15) is 19.2 Å². The highest BCUT2D eigenvalue weighted by molar-refractivity contribution is 8.03. The summed E-state index contributed by atoms with van der Waals surface area (Å²) in [4.78, 5) is 53.3. The van der Waals surface area contributed by atoms with Crippen LogP contribution in [0, 0.1) is 5.92 Å². The van der Waals surface area contributed by atoms with Crippen molar-refractivity contribution in [3.63, 3.8) is 0 Å². The molecule has 1 heterocycles. The second-order valence-electron chi connectivity index (χ2n) is 9.22. The molecule has 0 saturated carbocycles. The average Bonchev–Trinajstić information content (AvgIpc) is 2.85. The van der Waals surface area contributed by atoms with Gasteiger partial charge in [-0.15, -0.1) is 11.8 Å². The Hall–Kier alpha value is -3.39. The van der Waals surface area contributed by atoms with Gasteiger partial charge in [0.25, 0.3) is 5.78 Å². The smallest absolute Gasteiger partial charge is 0.377 e. The zero-order valence-corrected chi connectivity index (χ0v) is 21.8. The normalized spacial score (nSPS) is 16.5. The molecule has 0 aromatic heterocycles. The minimum atomic E-state index is -1.12. The number of nitrogens with zero attached hydrogens (tertiary/aromatic N) is 1. The molecule has 8 heteroatoms. The number of ketones is 1. The molecular formula is C28H32N2O5S. The Morgan fingerprint density at radius 3 is 2.17 bits per heavy atom. The van der Waals surface area contributed by atoms with Crippen LogP contribution in [-0.4, -0.2) is 52.4 Å². The first-order valence-electron chi connectivity index (χ1n) is 12.0. The maximum absolute atomic E-state index is 13.4. The summed E-state index contributed by atoms with van der Waals surface area (Å²) in [6.07, 6.45) is -0.345. The van der Waals surface area contributed by atoms with Gasteiger partial charge in [-0.05, 0) is 36.3 Å². The van der Waals surface area contributed by atoms with Gasteiger partial charge >= 0.3 is 5.97 Å². The van der Waals surface area contributed by atoms with Crippen molar-refractivity contribution in [2.24, 2.45) is 5.92 Å². The van der Waals surface area contributed by atoms with E-state index in [1.807, 2.05) is 79.9 Å². The Labute approximate surface area is 216 Å². The molecule has 1 aliphatic heterocycles. The van der Waals surface area contributed by atoms with E-state index in [0.29, 0.717) is 5.70 Å². The molecule has 1 unspecified atom stereocenters. The van der Waals surface area contributed by atoms with E-state index in [1.165, 1.54) is 16.7 Å². The number of hydrogen-bond acceptors (Lipinski definition) is 6.